The normalized spacial score (nSPS) is 10.6. The largest absolute Gasteiger partial charge is 0.271 e. The molecule has 0 aliphatic carbocycles. The van der Waals surface area contributed by atoms with Gasteiger partial charge in [-0.3, -0.25) is 14.9 Å². The Hall–Kier alpha value is -2.44. The number of non-ortho nitro benzene ring substituents is 1. The monoisotopic (exact) mass is 337 g/mol. The molecule has 0 aliphatic rings. The van der Waals surface area contributed by atoms with Crippen molar-refractivity contribution in [2.24, 2.45) is 5.10 Å². The van der Waals surface area contributed by atoms with Crippen LogP contribution in [-0.4, -0.2) is 17.0 Å². The second kappa shape index (κ2) is 7.02. The van der Waals surface area contributed by atoms with Gasteiger partial charge in [0, 0.05) is 28.3 Å². The molecule has 0 fully saturated rings. The number of hydrazone groups is 1. The average molecular weight is 338 g/mol. The van der Waals surface area contributed by atoms with E-state index in [4.69, 9.17) is 23.2 Å². The maximum atomic E-state index is 11.8. The smallest absolute Gasteiger partial charge is 0.267 e. The van der Waals surface area contributed by atoms with Crippen molar-refractivity contribution in [2.45, 2.75) is 0 Å². The third kappa shape index (κ3) is 4.03. The first-order valence-corrected chi connectivity index (χ1v) is 6.76. The first kappa shape index (κ1) is 15.9. The fraction of sp³-hybridized carbons (Fsp3) is 0. The lowest BCUT2D eigenvalue weighted by molar-refractivity contribution is -0.384. The van der Waals surface area contributed by atoms with Gasteiger partial charge in [-0.1, -0.05) is 35.3 Å². The summed E-state index contributed by atoms with van der Waals surface area (Å²) in [6.07, 6.45) is 1.36. The SMILES string of the molecule is O=C(NN=Cc1ccc(Cl)cc1Cl)c1cccc([N+](=O)[O-])c1. The van der Waals surface area contributed by atoms with Gasteiger partial charge in [0.2, 0.25) is 0 Å². The van der Waals surface area contributed by atoms with Crippen molar-refractivity contribution in [3.05, 3.63) is 73.8 Å². The second-order valence-corrected chi connectivity index (χ2v) is 5.02. The first-order valence-electron chi connectivity index (χ1n) is 6.00. The van der Waals surface area contributed by atoms with Crippen LogP contribution in [0, 0.1) is 10.1 Å². The molecule has 2 aromatic carbocycles. The van der Waals surface area contributed by atoms with Crippen molar-refractivity contribution in [1.29, 1.82) is 0 Å². The molecule has 6 nitrogen and oxygen atoms in total. The van der Waals surface area contributed by atoms with Crippen LogP contribution in [0.4, 0.5) is 5.69 Å². The van der Waals surface area contributed by atoms with E-state index in [0.717, 1.165) is 0 Å². The maximum absolute atomic E-state index is 11.8. The number of nitro groups is 1. The van der Waals surface area contributed by atoms with E-state index in [0.29, 0.717) is 15.6 Å². The zero-order valence-electron chi connectivity index (χ0n) is 11.0. The second-order valence-electron chi connectivity index (χ2n) is 4.17. The van der Waals surface area contributed by atoms with E-state index in [-0.39, 0.29) is 11.3 Å². The highest BCUT2D eigenvalue weighted by molar-refractivity contribution is 6.36. The minimum atomic E-state index is -0.576. The van der Waals surface area contributed by atoms with Gasteiger partial charge in [0.15, 0.2) is 0 Å². The van der Waals surface area contributed by atoms with Gasteiger partial charge in [-0.25, -0.2) is 5.43 Å². The fourth-order valence-corrected chi connectivity index (χ4v) is 2.05. The molecule has 8 heteroatoms. The van der Waals surface area contributed by atoms with Gasteiger partial charge in [-0.05, 0) is 18.2 Å². The van der Waals surface area contributed by atoms with Crippen LogP contribution in [0.15, 0.2) is 47.6 Å². The van der Waals surface area contributed by atoms with Crippen molar-refractivity contribution in [3.8, 4) is 0 Å². The van der Waals surface area contributed by atoms with Gasteiger partial charge < -0.3 is 0 Å². The number of carbonyl (C=O) groups excluding carboxylic acids is 1. The summed E-state index contributed by atoms with van der Waals surface area (Å²) in [4.78, 5) is 21.9. The Bertz CT molecular complexity index is 763. The van der Waals surface area contributed by atoms with Crippen LogP contribution in [0.1, 0.15) is 15.9 Å². The highest BCUT2D eigenvalue weighted by Crippen LogP contribution is 2.19. The summed E-state index contributed by atoms with van der Waals surface area (Å²) < 4.78 is 0. The first-order chi connectivity index (χ1) is 10.5. The molecular formula is C14H9Cl2N3O3. The number of benzene rings is 2. The molecule has 0 bridgehead atoms. The molecule has 2 rings (SSSR count). The number of rotatable bonds is 4. The molecular weight excluding hydrogens is 329 g/mol. The van der Waals surface area contributed by atoms with E-state index in [1.807, 2.05) is 0 Å². The Morgan fingerprint density at radius 2 is 2.00 bits per heavy atom. The van der Waals surface area contributed by atoms with E-state index in [9.17, 15) is 14.9 Å². The van der Waals surface area contributed by atoms with E-state index < -0.39 is 10.8 Å². The van der Waals surface area contributed by atoms with Crippen LogP contribution < -0.4 is 5.43 Å². The summed E-state index contributed by atoms with van der Waals surface area (Å²) in [5, 5.41) is 15.3. The number of nitro benzene ring substituents is 1. The zero-order chi connectivity index (χ0) is 16.1. The number of nitrogens with one attached hydrogen (secondary N) is 1. The number of carbonyl (C=O) groups is 1. The molecule has 0 spiro atoms. The molecule has 112 valence electrons. The molecule has 0 aliphatic heterocycles. The van der Waals surface area contributed by atoms with Crippen LogP contribution in [0.25, 0.3) is 0 Å². The molecule has 22 heavy (non-hydrogen) atoms. The van der Waals surface area contributed by atoms with Crippen LogP contribution >= 0.6 is 23.2 Å². The van der Waals surface area contributed by atoms with Crippen molar-refractivity contribution in [1.82, 2.24) is 5.43 Å². The van der Waals surface area contributed by atoms with Gasteiger partial charge in [-0.2, -0.15) is 5.10 Å². The molecule has 0 saturated carbocycles. The van der Waals surface area contributed by atoms with Gasteiger partial charge in [0.05, 0.1) is 16.2 Å². The Balaban J connectivity index is 2.08. The molecule has 2 aromatic rings. The molecule has 0 radical (unpaired) electrons. The van der Waals surface area contributed by atoms with Crippen LogP contribution in [0.2, 0.25) is 10.0 Å². The third-order valence-electron chi connectivity index (χ3n) is 2.65. The van der Waals surface area contributed by atoms with Crippen molar-refractivity contribution >= 4 is 41.0 Å². The van der Waals surface area contributed by atoms with Crippen molar-refractivity contribution < 1.29 is 9.72 Å². The van der Waals surface area contributed by atoms with Crippen LogP contribution in [0.5, 0.6) is 0 Å². The highest BCUT2D eigenvalue weighted by atomic mass is 35.5. The van der Waals surface area contributed by atoms with E-state index in [2.05, 4.69) is 10.5 Å². The number of halogens is 2. The minimum Gasteiger partial charge on any atom is -0.267 e. The average Bonchev–Trinajstić information content (AvgIpc) is 2.49. The van der Waals surface area contributed by atoms with E-state index >= 15 is 0 Å². The van der Waals surface area contributed by atoms with E-state index in [1.165, 1.54) is 30.5 Å². The van der Waals surface area contributed by atoms with Gasteiger partial charge in [0.1, 0.15) is 0 Å². The molecule has 0 aromatic heterocycles. The zero-order valence-corrected chi connectivity index (χ0v) is 12.5. The third-order valence-corrected chi connectivity index (χ3v) is 3.21. The number of amides is 1. The summed E-state index contributed by atoms with van der Waals surface area (Å²) in [5.74, 6) is -0.565. The molecule has 0 saturated heterocycles. The van der Waals surface area contributed by atoms with Crippen LogP contribution in [-0.2, 0) is 0 Å². The standard InChI is InChI=1S/C14H9Cl2N3O3/c15-11-5-4-10(13(16)7-11)8-17-18-14(20)9-2-1-3-12(6-9)19(21)22/h1-8H,(H,18,20). The molecule has 1 N–H and O–H groups in total. The Morgan fingerprint density at radius 3 is 2.68 bits per heavy atom. The predicted molar refractivity (Wildman–Crippen MR) is 84.6 cm³/mol. The lowest BCUT2D eigenvalue weighted by Gasteiger charge is -2.01. The lowest BCUT2D eigenvalue weighted by atomic mass is 10.2. The maximum Gasteiger partial charge on any atom is 0.271 e. The summed E-state index contributed by atoms with van der Waals surface area (Å²) >= 11 is 11.7. The summed E-state index contributed by atoms with van der Waals surface area (Å²) in [6, 6.07) is 10.2. The fourth-order valence-electron chi connectivity index (χ4n) is 1.59. The molecule has 1 amide bonds. The van der Waals surface area contributed by atoms with Crippen LogP contribution in [0.3, 0.4) is 0 Å². The van der Waals surface area contributed by atoms with Gasteiger partial charge >= 0.3 is 0 Å². The number of hydrogen-bond acceptors (Lipinski definition) is 4. The lowest BCUT2D eigenvalue weighted by Crippen LogP contribution is -2.17. The van der Waals surface area contributed by atoms with Crippen molar-refractivity contribution in [3.63, 3.8) is 0 Å². The van der Waals surface area contributed by atoms with Crippen molar-refractivity contribution in [2.75, 3.05) is 0 Å². The summed E-state index contributed by atoms with van der Waals surface area (Å²) in [6.45, 7) is 0. The van der Waals surface area contributed by atoms with Gasteiger partial charge in [-0.15, -0.1) is 0 Å². The number of hydrogen-bond donors (Lipinski definition) is 1. The number of nitrogens with zero attached hydrogens (tertiary/aromatic N) is 2. The minimum absolute atomic E-state index is 0.133. The Kier molecular flexibility index (Phi) is 5.08. The molecule has 0 atom stereocenters. The Labute approximate surface area is 135 Å². The summed E-state index contributed by atoms with van der Waals surface area (Å²) in [5.41, 5.74) is 2.81. The quantitative estimate of drug-likeness (QED) is 0.524. The predicted octanol–water partition coefficient (Wildman–Crippen LogP) is 3.67. The van der Waals surface area contributed by atoms with E-state index in [1.54, 1.807) is 18.2 Å². The molecule has 0 heterocycles. The summed E-state index contributed by atoms with van der Waals surface area (Å²) in [7, 11) is 0. The Morgan fingerprint density at radius 1 is 1.23 bits per heavy atom. The van der Waals surface area contributed by atoms with Gasteiger partial charge in [0.25, 0.3) is 11.6 Å². The topological polar surface area (TPSA) is 84.6 Å². The highest BCUT2D eigenvalue weighted by Gasteiger charge is 2.10. The molecule has 0 unspecified atom stereocenters.